The van der Waals surface area contributed by atoms with E-state index in [9.17, 15) is 9.90 Å². The van der Waals surface area contributed by atoms with Crippen LogP contribution < -0.4 is 9.80 Å². The van der Waals surface area contributed by atoms with E-state index in [1.54, 1.807) is 27.2 Å². The fraction of sp³-hybridized carbons (Fsp3) is 0.737. The Morgan fingerprint density at radius 1 is 1.33 bits per heavy atom. The molecule has 1 aromatic heterocycles. The van der Waals surface area contributed by atoms with Crippen LogP contribution in [0.3, 0.4) is 0 Å². The average Bonchev–Trinajstić information content (AvgIpc) is 2.68. The van der Waals surface area contributed by atoms with Gasteiger partial charge in [0.25, 0.3) is 0 Å². The first-order valence-electron chi connectivity index (χ1n) is 9.61. The molecule has 1 N–H and O–H groups in total. The predicted molar refractivity (Wildman–Crippen MR) is 103 cm³/mol. The van der Waals surface area contributed by atoms with Crippen molar-refractivity contribution in [3.63, 3.8) is 0 Å². The highest BCUT2D eigenvalue weighted by atomic mass is 16.5. The Hall–Kier alpha value is -1.93. The summed E-state index contributed by atoms with van der Waals surface area (Å²) in [4.78, 5) is 25.5. The number of hydrogen-bond donors (Lipinski definition) is 1. The van der Waals surface area contributed by atoms with E-state index in [0.717, 1.165) is 32.5 Å². The van der Waals surface area contributed by atoms with Gasteiger partial charge >= 0.3 is 5.97 Å². The summed E-state index contributed by atoms with van der Waals surface area (Å²) in [5.41, 5.74) is -0.418. The molecule has 0 amide bonds. The van der Waals surface area contributed by atoms with Gasteiger partial charge in [0.15, 0.2) is 0 Å². The van der Waals surface area contributed by atoms with Crippen molar-refractivity contribution in [3.8, 4) is 0 Å². The third-order valence-electron chi connectivity index (χ3n) is 5.48. The smallest absolute Gasteiger partial charge is 0.313 e. The van der Waals surface area contributed by atoms with Crippen LogP contribution in [0.15, 0.2) is 6.20 Å². The molecule has 0 saturated carbocycles. The Morgan fingerprint density at radius 3 is 2.74 bits per heavy atom. The van der Waals surface area contributed by atoms with Crippen molar-refractivity contribution >= 4 is 17.7 Å². The van der Waals surface area contributed by atoms with E-state index >= 15 is 0 Å². The molecule has 1 aromatic rings. The summed E-state index contributed by atoms with van der Waals surface area (Å²) in [6.07, 6.45) is 3.92. The molecule has 8 heteroatoms. The molecule has 3 rings (SSSR count). The summed E-state index contributed by atoms with van der Waals surface area (Å²) in [7, 11) is 1.73. The summed E-state index contributed by atoms with van der Waals surface area (Å²) in [5.74, 6) is 0.965. The number of carbonyl (C=O) groups is 1. The lowest BCUT2D eigenvalue weighted by Crippen LogP contribution is -2.41. The maximum absolute atomic E-state index is 11.8. The number of piperidine rings is 1. The number of methoxy groups -OCH3 is 1. The van der Waals surface area contributed by atoms with Crippen LogP contribution in [0, 0.1) is 5.92 Å². The minimum absolute atomic E-state index is 0.467. The number of carboxylic acids is 1. The molecule has 0 radical (unpaired) electrons. The molecule has 150 valence electrons. The average molecular weight is 378 g/mol. The number of carboxylic acid groups (broad SMARTS) is 1. The second-order valence-electron chi connectivity index (χ2n) is 7.85. The van der Waals surface area contributed by atoms with Crippen molar-refractivity contribution in [1.29, 1.82) is 0 Å². The lowest BCUT2D eigenvalue weighted by Gasteiger charge is -2.35. The fourth-order valence-corrected chi connectivity index (χ4v) is 3.71. The van der Waals surface area contributed by atoms with Crippen LogP contribution in [0.1, 0.15) is 32.3 Å². The summed E-state index contributed by atoms with van der Waals surface area (Å²) in [6, 6.07) is 0. The number of ether oxygens (including phenoxy) is 2. The molecule has 0 unspecified atom stereocenters. The SMILES string of the molecule is COC[C@@H]1CCCN(c2ncc(C(C)(C)C(=O)O)c(N3CCOCC3)n2)C1. The van der Waals surface area contributed by atoms with Crippen LogP contribution >= 0.6 is 0 Å². The molecule has 0 spiro atoms. The molecule has 0 bridgehead atoms. The second-order valence-corrected chi connectivity index (χ2v) is 7.85. The van der Waals surface area contributed by atoms with Gasteiger partial charge in [0.05, 0.1) is 25.2 Å². The Labute approximate surface area is 160 Å². The number of nitrogens with zero attached hydrogens (tertiary/aromatic N) is 4. The molecule has 8 nitrogen and oxygen atoms in total. The minimum Gasteiger partial charge on any atom is -0.481 e. The van der Waals surface area contributed by atoms with Crippen LogP contribution in [0.5, 0.6) is 0 Å². The Morgan fingerprint density at radius 2 is 2.07 bits per heavy atom. The zero-order valence-electron chi connectivity index (χ0n) is 16.5. The van der Waals surface area contributed by atoms with Crippen LogP contribution in [0.2, 0.25) is 0 Å². The molecule has 27 heavy (non-hydrogen) atoms. The minimum atomic E-state index is -1.06. The van der Waals surface area contributed by atoms with E-state index in [2.05, 4.69) is 14.8 Å². The number of anilines is 2. The van der Waals surface area contributed by atoms with Crippen molar-refractivity contribution in [3.05, 3.63) is 11.8 Å². The fourth-order valence-electron chi connectivity index (χ4n) is 3.71. The lowest BCUT2D eigenvalue weighted by atomic mass is 9.85. The van der Waals surface area contributed by atoms with Gasteiger partial charge in [-0.3, -0.25) is 4.79 Å². The van der Waals surface area contributed by atoms with Crippen molar-refractivity contribution in [2.75, 3.05) is 62.9 Å². The van der Waals surface area contributed by atoms with Gasteiger partial charge in [0, 0.05) is 45.0 Å². The largest absolute Gasteiger partial charge is 0.481 e. The van der Waals surface area contributed by atoms with Gasteiger partial charge in [-0.15, -0.1) is 0 Å². The highest BCUT2D eigenvalue weighted by Crippen LogP contribution is 2.33. The van der Waals surface area contributed by atoms with Gasteiger partial charge in [-0.25, -0.2) is 4.98 Å². The monoisotopic (exact) mass is 378 g/mol. The summed E-state index contributed by atoms with van der Waals surface area (Å²) < 4.78 is 10.8. The first kappa shape index (κ1) is 19.8. The van der Waals surface area contributed by atoms with Crippen molar-refractivity contribution in [2.45, 2.75) is 32.1 Å². The first-order chi connectivity index (χ1) is 12.9. The van der Waals surface area contributed by atoms with E-state index in [-0.39, 0.29) is 0 Å². The molecular weight excluding hydrogens is 348 g/mol. The Balaban J connectivity index is 1.94. The Kier molecular flexibility index (Phi) is 6.16. The first-order valence-corrected chi connectivity index (χ1v) is 9.61. The normalized spacial score (nSPS) is 21.4. The summed E-state index contributed by atoms with van der Waals surface area (Å²) in [6.45, 7) is 8.54. The topological polar surface area (TPSA) is 88.0 Å². The van der Waals surface area contributed by atoms with Crippen LogP contribution in [0.4, 0.5) is 11.8 Å². The number of aromatic nitrogens is 2. The molecule has 0 aliphatic carbocycles. The van der Waals surface area contributed by atoms with Gasteiger partial charge in [-0.1, -0.05) is 0 Å². The quantitative estimate of drug-likeness (QED) is 0.798. The van der Waals surface area contributed by atoms with Crippen LogP contribution in [-0.4, -0.2) is 74.2 Å². The Bertz CT molecular complexity index is 659. The zero-order valence-corrected chi connectivity index (χ0v) is 16.5. The van der Waals surface area contributed by atoms with E-state index in [4.69, 9.17) is 14.5 Å². The van der Waals surface area contributed by atoms with Crippen LogP contribution in [0.25, 0.3) is 0 Å². The highest BCUT2D eigenvalue weighted by Gasteiger charge is 2.35. The third kappa shape index (κ3) is 4.32. The second kappa shape index (κ2) is 8.39. The van der Waals surface area contributed by atoms with Gasteiger partial charge in [-0.2, -0.15) is 4.98 Å². The molecular formula is C19H30N4O4. The number of hydrogen-bond acceptors (Lipinski definition) is 7. The van der Waals surface area contributed by atoms with Crippen LogP contribution in [-0.2, 0) is 19.7 Å². The maximum atomic E-state index is 11.8. The highest BCUT2D eigenvalue weighted by molar-refractivity contribution is 5.82. The van der Waals surface area contributed by atoms with Gasteiger partial charge in [0.1, 0.15) is 5.82 Å². The van der Waals surface area contributed by atoms with Gasteiger partial charge in [-0.05, 0) is 32.6 Å². The van der Waals surface area contributed by atoms with Gasteiger partial charge in [0.2, 0.25) is 5.95 Å². The van der Waals surface area contributed by atoms with Gasteiger partial charge < -0.3 is 24.4 Å². The molecule has 2 aliphatic heterocycles. The van der Waals surface area contributed by atoms with Crippen molar-refractivity contribution in [2.24, 2.45) is 5.92 Å². The van der Waals surface area contributed by atoms with E-state index in [1.165, 1.54) is 0 Å². The molecule has 2 saturated heterocycles. The molecule has 1 atom stereocenters. The third-order valence-corrected chi connectivity index (χ3v) is 5.48. The molecule has 3 heterocycles. The van der Waals surface area contributed by atoms with Crippen molar-refractivity contribution in [1.82, 2.24) is 9.97 Å². The number of morpholine rings is 1. The van der Waals surface area contributed by atoms with E-state index < -0.39 is 11.4 Å². The van der Waals surface area contributed by atoms with Crippen molar-refractivity contribution < 1.29 is 19.4 Å². The van der Waals surface area contributed by atoms with E-state index in [1.807, 2.05) is 0 Å². The molecule has 0 aromatic carbocycles. The number of aliphatic carboxylic acids is 1. The van der Waals surface area contributed by atoms with E-state index in [0.29, 0.717) is 49.6 Å². The molecule has 2 aliphatic rings. The maximum Gasteiger partial charge on any atom is 0.313 e. The summed E-state index contributed by atoms with van der Waals surface area (Å²) in [5, 5.41) is 9.71. The summed E-state index contributed by atoms with van der Waals surface area (Å²) >= 11 is 0. The number of rotatable bonds is 6. The standard InChI is InChI=1S/C19H30N4O4/c1-19(2,17(24)25)15-11-20-18(21-16(15)22-7-9-27-10-8-22)23-6-4-5-14(12-23)13-26-3/h11,14H,4-10,12-13H2,1-3H3,(H,24,25)/t14-/m1/s1. The lowest BCUT2D eigenvalue weighted by molar-refractivity contribution is -0.142. The molecule has 2 fully saturated rings. The predicted octanol–water partition coefficient (Wildman–Crippen LogP) is 1.54. The zero-order chi connectivity index (χ0) is 19.4.